The second kappa shape index (κ2) is 6.74. The predicted molar refractivity (Wildman–Crippen MR) is 72.3 cm³/mol. The first-order valence-electron chi connectivity index (χ1n) is 6.87. The Morgan fingerprint density at radius 1 is 1.28 bits per heavy atom. The van der Waals surface area contributed by atoms with E-state index in [-0.39, 0.29) is 5.82 Å². The molecule has 1 aliphatic carbocycles. The monoisotopic (exact) mass is 251 g/mol. The van der Waals surface area contributed by atoms with E-state index in [1.807, 2.05) is 6.07 Å². The first-order valence-corrected chi connectivity index (χ1v) is 6.87. The molecule has 0 saturated heterocycles. The van der Waals surface area contributed by atoms with Gasteiger partial charge in [0.15, 0.2) is 0 Å². The van der Waals surface area contributed by atoms with Gasteiger partial charge in [0.1, 0.15) is 5.82 Å². The van der Waals surface area contributed by atoms with Gasteiger partial charge < -0.3 is 10.1 Å². The number of halogens is 1. The molecule has 2 nitrogen and oxygen atoms in total. The number of benzene rings is 1. The van der Waals surface area contributed by atoms with Crippen LogP contribution in [0.4, 0.5) is 10.1 Å². The molecule has 3 heteroatoms. The van der Waals surface area contributed by atoms with Gasteiger partial charge in [-0.2, -0.15) is 0 Å². The standard InChI is InChI=1S/C15H22FNO/c1-12-6-2-5-9-15(12)18-11-10-17-14-8-4-3-7-13(14)16/h3-4,7-8,12,15,17H,2,5-6,9-11H2,1H3. The molecule has 1 saturated carbocycles. The summed E-state index contributed by atoms with van der Waals surface area (Å²) in [5.41, 5.74) is 0.554. The molecule has 1 N–H and O–H groups in total. The first-order chi connectivity index (χ1) is 8.77. The Hall–Kier alpha value is -1.09. The average molecular weight is 251 g/mol. The molecule has 0 amide bonds. The van der Waals surface area contributed by atoms with Gasteiger partial charge in [-0.15, -0.1) is 0 Å². The Balaban J connectivity index is 1.68. The van der Waals surface area contributed by atoms with Crippen molar-refractivity contribution < 1.29 is 9.13 Å². The minimum absolute atomic E-state index is 0.205. The number of nitrogens with one attached hydrogen (secondary N) is 1. The van der Waals surface area contributed by atoms with Crippen LogP contribution in [0.25, 0.3) is 0 Å². The summed E-state index contributed by atoms with van der Waals surface area (Å²) in [6.45, 7) is 3.56. The minimum atomic E-state index is -0.205. The van der Waals surface area contributed by atoms with Gasteiger partial charge in [-0.3, -0.25) is 0 Å². The van der Waals surface area contributed by atoms with Crippen LogP contribution < -0.4 is 5.32 Å². The zero-order chi connectivity index (χ0) is 12.8. The number of para-hydroxylation sites is 1. The summed E-state index contributed by atoms with van der Waals surface area (Å²) in [4.78, 5) is 0. The van der Waals surface area contributed by atoms with E-state index in [0.717, 1.165) is 0 Å². The highest BCUT2D eigenvalue weighted by Crippen LogP contribution is 2.26. The summed E-state index contributed by atoms with van der Waals surface area (Å²) in [5, 5.41) is 3.07. The third kappa shape index (κ3) is 3.70. The maximum absolute atomic E-state index is 13.3. The first kappa shape index (κ1) is 13.3. The van der Waals surface area contributed by atoms with Crippen molar-refractivity contribution in [3.63, 3.8) is 0 Å². The van der Waals surface area contributed by atoms with Gasteiger partial charge in [0, 0.05) is 6.54 Å². The topological polar surface area (TPSA) is 21.3 Å². The van der Waals surface area contributed by atoms with Crippen LogP contribution in [-0.4, -0.2) is 19.3 Å². The summed E-state index contributed by atoms with van der Waals surface area (Å²) in [5.74, 6) is 0.454. The fourth-order valence-corrected chi connectivity index (χ4v) is 2.53. The van der Waals surface area contributed by atoms with Crippen molar-refractivity contribution in [2.24, 2.45) is 5.92 Å². The summed E-state index contributed by atoms with van der Waals surface area (Å²) in [6, 6.07) is 6.74. The Morgan fingerprint density at radius 3 is 2.83 bits per heavy atom. The highest BCUT2D eigenvalue weighted by Gasteiger charge is 2.21. The van der Waals surface area contributed by atoms with Crippen LogP contribution in [0.3, 0.4) is 0 Å². The van der Waals surface area contributed by atoms with Crippen molar-refractivity contribution >= 4 is 5.69 Å². The average Bonchev–Trinajstić information content (AvgIpc) is 2.38. The molecule has 0 heterocycles. The molecule has 1 aliphatic rings. The summed E-state index contributed by atoms with van der Waals surface area (Å²) >= 11 is 0. The highest BCUT2D eigenvalue weighted by molar-refractivity contribution is 5.44. The summed E-state index contributed by atoms with van der Waals surface area (Å²) in [6.07, 6.45) is 5.43. The molecule has 1 aromatic rings. The lowest BCUT2D eigenvalue weighted by molar-refractivity contribution is 0.000379. The zero-order valence-corrected chi connectivity index (χ0v) is 11.0. The van der Waals surface area contributed by atoms with Crippen LogP contribution in [-0.2, 0) is 4.74 Å². The SMILES string of the molecule is CC1CCCCC1OCCNc1ccccc1F. The van der Waals surface area contributed by atoms with E-state index in [9.17, 15) is 4.39 Å². The Bertz CT molecular complexity index is 369. The van der Waals surface area contributed by atoms with E-state index >= 15 is 0 Å². The van der Waals surface area contributed by atoms with Crippen LogP contribution >= 0.6 is 0 Å². The summed E-state index contributed by atoms with van der Waals surface area (Å²) < 4.78 is 19.2. The molecule has 2 atom stereocenters. The molecule has 0 bridgehead atoms. The Kier molecular flexibility index (Phi) is 5.00. The van der Waals surface area contributed by atoms with Crippen LogP contribution in [0.1, 0.15) is 32.6 Å². The van der Waals surface area contributed by atoms with E-state index in [0.29, 0.717) is 30.9 Å². The van der Waals surface area contributed by atoms with E-state index < -0.39 is 0 Å². The van der Waals surface area contributed by atoms with Crippen molar-refractivity contribution in [1.29, 1.82) is 0 Å². The third-order valence-corrected chi connectivity index (χ3v) is 3.66. The lowest BCUT2D eigenvalue weighted by Crippen LogP contribution is -2.27. The van der Waals surface area contributed by atoms with Gasteiger partial charge in [-0.1, -0.05) is 31.9 Å². The molecule has 2 unspecified atom stereocenters. The van der Waals surface area contributed by atoms with E-state index in [4.69, 9.17) is 4.74 Å². The van der Waals surface area contributed by atoms with Crippen molar-refractivity contribution in [3.8, 4) is 0 Å². The quantitative estimate of drug-likeness (QED) is 0.803. The maximum atomic E-state index is 13.3. The molecule has 1 fully saturated rings. The molecular weight excluding hydrogens is 229 g/mol. The fraction of sp³-hybridized carbons (Fsp3) is 0.600. The largest absolute Gasteiger partial charge is 0.380 e. The van der Waals surface area contributed by atoms with E-state index in [2.05, 4.69) is 12.2 Å². The molecule has 0 aromatic heterocycles. The number of hydrogen-bond acceptors (Lipinski definition) is 2. The molecule has 0 spiro atoms. The van der Waals surface area contributed by atoms with E-state index in [1.54, 1.807) is 12.1 Å². The maximum Gasteiger partial charge on any atom is 0.146 e. The second-order valence-electron chi connectivity index (χ2n) is 5.08. The van der Waals surface area contributed by atoms with Gasteiger partial charge in [0.25, 0.3) is 0 Å². The van der Waals surface area contributed by atoms with Crippen molar-refractivity contribution in [1.82, 2.24) is 0 Å². The normalized spacial score (nSPS) is 23.9. The van der Waals surface area contributed by atoms with Gasteiger partial charge in [0.05, 0.1) is 18.4 Å². The van der Waals surface area contributed by atoms with E-state index in [1.165, 1.54) is 31.7 Å². The number of anilines is 1. The molecule has 2 rings (SSSR count). The molecule has 18 heavy (non-hydrogen) atoms. The molecular formula is C15H22FNO. The number of hydrogen-bond donors (Lipinski definition) is 1. The van der Waals surface area contributed by atoms with Crippen LogP contribution in [0, 0.1) is 11.7 Å². The van der Waals surface area contributed by atoms with Gasteiger partial charge in [0.2, 0.25) is 0 Å². The van der Waals surface area contributed by atoms with Gasteiger partial charge in [-0.25, -0.2) is 4.39 Å². The number of rotatable bonds is 5. The molecule has 1 aromatic carbocycles. The van der Waals surface area contributed by atoms with Crippen molar-refractivity contribution in [3.05, 3.63) is 30.1 Å². The van der Waals surface area contributed by atoms with Crippen LogP contribution in [0.5, 0.6) is 0 Å². The lowest BCUT2D eigenvalue weighted by Gasteiger charge is -2.28. The highest BCUT2D eigenvalue weighted by atomic mass is 19.1. The fourth-order valence-electron chi connectivity index (χ4n) is 2.53. The minimum Gasteiger partial charge on any atom is -0.380 e. The molecule has 0 radical (unpaired) electrons. The van der Waals surface area contributed by atoms with Crippen molar-refractivity contribution in [2.45, 2.75) is 38.7 Å². The summed E-state index contributed by atoms with van der Waals surface area (Å²) in [7, 11) is 0. The van der Waals surface area contributed by atoms with Gasteiger partial charge in [-0.05, 0) is 30.9 Å². The van der Waals surface area contributed by atoms with Crippen LogP contribution in [0.15, 0.2) is 24.3 Å². The second-order valence-corrected chi connectivity index (χ2v) is 5.08. The predicted octanol–water partition coefficient (Wildman–Crippen LogP) is 3.83. The zero-order valence-electron chi connectivity index (χ0n) is 11.0. The molecule has 100 valence electrons. The van der Waals surface area contributed by atoms with Crippen molar-refractivity contribution in [2.75, 3.05) is 18.5 Å². The third-order valence-electron chi connectivity index (χ3n) is 3.66. The number of ether oxygens (including phenoxy) is 1. The molecule has 0 aliphatic heterocycles. The lowest BCUT2D eigenvalue weighted by atomic mass is 9.88. The Labute approximate surface area is 109 Å². The smallest absolute Gasteiger partial charge is 0.146 e. The Morgan fingerprint density at radius 2 is 2.06 bits per heavy atom. The van der Waals surface area contributed by atoms with Crippen LogP contribution in [0.2, 0.25) is 0 Å². The van der Waals surface area contributed by atoms with Gasteiger partial charge >= 0.3 is 0 Å².